The predicted molar refractivity (Wildman–Crippen MR) is 83.0 cm³/mol. The second kappa shape index (κ2) is 6.76. The third-order valence-corrected chi connectivity index (χ3v) is 5.44. The van der Waals surface area contributed by atoms with Gasteiger partial charge in [0.05, 0.1) is 6.61 Å². The van der Waals surface area contributed by atoms with E-state index in [0.717, 1.165) is 25.2 Å². The van der Waals surface area contributed by atoms with Gasteiger partial charge >= 0.3 is 0 Å². The summed E-state index contributed by atoms with van der Waals surface area (Å²) in [7, 11) is 1.83. The molecule has 3 aliphatic rings. The van der Waals surface area contributed by atoms with Gasteiger partial charge in [-0.2, -0.15) is 0 Å². The van der Waals surface area contributed by atoms with Crippen LogP contribution in [0.15, 0.2) is 0 Å². The smallest absolute Gasteiger partial charge is 0.0589 e. The minimum atomic E-state index is 0.553. The number of hydrogen-bond donors (Lipinski definition) is 1. The molecule has 0 spiro atoms. The van der Waals surface area contributed by atoms with Gasteiger partial charge in [0.2, 0.25) is 0 Å². The fourth-order valence-electron chi connectivity index (χ4n) is 3.81. The highest BCUT2D eigenvalue weighted by molar-refractivity contribution is 4.94. The maximum absolute atomic E-state index is 5.32. The molecule has 0 aliphatic heterocycles. The Morgan fingerprint density at radius 3 is 2.45 bits per heavy atom. The van der Waals surface area contributed by atoms with E-state index in [1.54, 1.807) is 0 Å². The first-order valence-corrected chi connectivity index (χ1v) is 8.78. The summed E-state index contributed by atoms with van der Waals surface area (Å²) in [6.45, 7) is 4.59. The molecule has 0 atom stereocenters. The van der Waals surface area contributed by atoms with E-state index in [1.807, 2.05) is 7.11 Å². The lowest BCUT2D eigenvalue weighted by Crippen LogP contribution is -2.47. The van der Waals surface area contributed by atoms with Gasteiger partial charge in [-0.15, -0.1) is 0 Å². The van der Waals surface area contributed by atoms with Crippen molar-refractivity contribution >= 4 is 0 Å². The lowest BCUT2D eigenvalue weighted by atomic mass is 9.73. The molecule has 3 saturated carbocycles. The molecule has 3 rings (SSSR count). The molecule has 116 valence electrons. The zero-order valence-corrected chi connectivity index (χ0v) is 13.2. The van der Waals surface area contributed by atoms with E-state index < -0.39 is 0 Å². The van der Waals surface area contributed by atoms with Crippen molar-refractivity contribution in [2.24, 2.45) is 5.41 Å². The van der Waals surface area contributed by atoms with E-state index in [2.05, 4.69) is 10.2 Å². The molecule has 3 heteroatoms. The molecule has 0 aromatic rings. The van der Waals surface area contributed by atoms with E-state index in [9.17, 15) is 0 Å². The van der Waals surface area contributed by atoms with Gasteiger partial charge in [0.1, 0.15) is 0 Å². The molecular formula is C17H32N2O. The summed E-state index contributed by atoms with van der Waals surface area (Å²) in [5.74, 6) is 0. The minimum Gasteiger partial charge on any atom is -0.383 e. The molecule has 0 bridgehead atoms. The van der Waals surface area contributed by atoms with Gasteiger partial charge in [0.25, 0.3) is 0 Å². The molecular weight excluding hydrogens is 248 g/mol. The summed E-state index contributed by atoms with van der Waals surface area (Å²) >= 11 is 0. The Labute approximate surface area is 124 Å². The zero-order valence-electron chi connectivity index (χ0n) is 13.2. The third kappa shape index (κ3) is 4.19. The first-order valence-electron chi connectivity index (χ1n) is 8.78. The molecule has 3 nitrogen and oxygen atoms in total. The second-order valence-corrected chi connectivity index (χ2v) is 7.41. The van der Waals surface area contributed by atoms with Crippen LogP contribution in [0.2, 0.25) is 0 Å². The summed E-state index contributed by atoms with van der Waals surface area (Å²) < 4.78 is 5.32. The van der Waals surface area contributed by atoms with Crippen molar-refractivity contribution in [2.45, 2.75) is 69.9 Å². The van der Waals surface area contributed by atoms with E-state index in [4.69, 9.17) is 4.74 Å². The van der Waals surface area contributed by atoms with Gasteiger partial charge in [-0.25, -0.2) is 0 Å². The molecule has 0 aromatic carbocycles. The normalized spacial score (nSPS) is 26.1. The van der Waals surface area contributed by atoms with Crippen molar-refractivity contribution in [1.82, 2.24) is 10.2 Å². The Morgan fingerprint density at radius 1 is 1.10 bits per heavy atom. The van der Waals surface area contributed by atoms with Crippen LogP contribution in [-0.2, 0) is 4.74 Å². The van der Waals surface area contributed by atoms with E-state index in [1.165, 1.54) is 70.9 Å². The summed E-state index contributed by atoms with van der Waals surface area (Å²) in [5.41, 5.74) is 0.553. The first kappa shape index (κ1) is 14.8. The average molecular weight is 280 g/mol. The van der Waals surface area contributed by atoms with Crippen molar-refractivity contribution in [3.8, 4) is 0 Å². The molecule has 20 heavy (non-hydrogen) atoms. The van der Waals surface area contributed by atoms with Crippen molar-refractivity contribution in [1.29, 1.82) is 0 Å². The van der Waals surface area contributed by atoms with Crippen LogP contribution in [0.1, 0.15) is 57.8 Å². The monoisotopic (exact) mass is 280 g/mol. The Morgan fingerprint density at radius 2 is 1.85 bits per heavy atom. The first-order chi connectivity index (χ1) is 9.81. The van der Waals surface area contributed by atoms with Gasteiger partial charge in [-0.1, -0.05) is 19.3 Å². The second-order valence-electron chi connectivity index (χ2n) is 7.41. The molecule has 0 aromatic heterocycles. The highest BCUT2D eigenvalue weighted by Crippen LogP contribution is 2.39. The standard InChI is InChI=1S/C17H32N2O/c1-20-12-11-19(16-7-8-16)14-17(9-3-2-4-10-17)13-18-15-5-6-15/h15-16,18H,2-14H2,1H3. The van der Waals surface area contributed by atoms with E-state index in [0.29, 0.717) is 5.41 Å². The Kier molecular flexibility index (Phi) is 5.00. The van der Waals surface area contributed by atoms with Crippen LogP contribution in [-0.4, -0.2) is 50.3 Å². The van der Waals surface area contributed by atoms with Gasteiger partial charge in [0, 0.05) is 38.8 Å². The minimum absolute atomic E-state index is 0.553. The van der Waals surface area contributed by atoms with Crippen LogP contribution in [0.5, 0.6) is 0 Å². The molecule has 0 heterocycles. The number of nitrogens with zero attached hydrogens (tertiary/aromatic N) is 1. The van der Waals surface area contributed by atoms with Gasteiger partial charge < -0.3 is 10.1 Å². The number of nitrogens with one attached hydrogen (secondary N) is 1. The summed E-state index contributed by atoms with van der Waals surface area (Å²) in [4.78, 5) is 2.74. The Balaban J connectivity index is 1.57. The quantitative estimate of drug-likeness (QED) is 0.703. The summed E-state index contributed by atoms with van der Waals surface area (Å²) in [6.07, 6.45) is 12.8. The van der Waals surface area contributed by atoms with Crippen LogP contribution >= 0.6 is 0 Å². The number of ether oxygens (including phenoxy) is 1. The largest absolute Gasteiger partial charge is 0.383 e. The topological polar surface area (TPSA) is 24.5 Å². The molecule has 0 saturated heterocycles. The Bertz CT molecular complexity index is 293. The van der Waals surface area contributed by atoms with Crippen LogP contribution in [0.4, 0.5) is 0 Å². The SMILES string of the molecule is COCCN(CC1(CNC2CC2)CCCCC1)C1CC1. The van der Waals surface area contributed by atoms with Crippen molar-refractivity contribution in [3.05, 3.63) is 0 Å². The average Bonchev–Trinajstić information content (AvgIpc) is 3.36. The predicted octanol–water partition coefficient (Wildman–Crippen LogP) is 2.80. The van der Waals surface area contributed by atoms with Gasteiger partial charge in [-0.3, -0.25) is 4.90 Å². The fraction of sp³-hybridized carbons (Fsp3) is 1.00. The highest BCUT2D eigenvalue weighted by Gasteiger charge is 2.39. The number of methoxy groups -OCH3 is 1. The number of rotatable bonds is 9. The molecule has 1 N–H and O–H groups in total. The summed E-state index contributed by atoms with van der Waals surface area (Å²) in [5, 5.41) is 3.83. The number of hydrogen-bond acceptors (Lipinski definition) is 3. The lowest BCUT2D eigenvalue weighted by Gasteiger charge is -2.42. The lowest BCUT2D eigenvalue weighted by molar-refractivity contribution is 0.0738. The van der Waals surface area contributed by atoms with Crippen LogP contribution in [0, 0.1) is 5.41 Å². The molecule has 0 radical (unpaired) electrons. The van der Waals surface area contributed by atoms with Crippen LogP contribution in [0.25, 0.3) is 0 Å². The maximum atomic E-state index is 5.32. The third-order valence-electron chi connectivity index (χ3n) is 5.44. The molecule has 0 amide bonds. The van der Waals surface area contributed by atoms with Crippen molar-refractivity contribution in [2.75, 3.05) is 33.4 Å². The molecule has 0 unspecified atom stereocenters. The van der Waals surface area contributed by atoms with Crippen molar-refractivity contribution < 1.29 is 4.74 Å². The van der Waals surface area contributed by atoms with Crippen LogP contribution < -0.4 is 5.32 Å². The Hall–Kier alpha value is -0.120. The van der Waals surface area contributed by atoms with Crippen molar-refractivity contribution in [3.63, 3.8) is 0 Å². The van der Waals surface area contributed by atoms with Gasteiger partial charge in [0.15, 0.2) is 0 Å². The fourth-order valence-corrected chi connectivity index (χ4v) is 3.81. The summed E-state index contributed by atoms with van der Waals surface area (Å²) in [6, 6.07) is 1.71. The van der Waals surface area contributed by atoms with E-state index in [-0.39, 0.29) is 0 Å². The van der Waals surface area contributed by atoms with Crippen LogP contribution in [0.3, 0.4) is 0 Å². The molecule has 3 fully saturated rings. The molecule has 3 aliphatic carbocycles. The van der Waals surface area contributed by atoms with E-state index >= 15 is 0 Å². The zero-order chi connectivity index (χ0) is 13.8. The highest BCUT2D eigenvalue weighted by atomic mass is 16.5. The maximum Gasteiger partial charge on any atom is 0.0589 e. The van der Waals surface area contributed by atoms with Gasteiger partial charge in [-0.05, 0) is 43.9 Å².